The van der Waals surface area contributed by atoms with E-state index in [2.05, 4.69) is 20.4 Å². The Hall–Kier alpha value is -3.50. The molecule has 0 radical (unpaired) electrons. The van der Waals surface area contributed by atoms with E-state index < -0.39 is 5.82 Å². The first-order valence-electron chi connectivity index (χ1n) is 11.0. The minimum Gasteiger partial charge on any atom is -0.457 e. The number of amides is 1. The van der Waals surface area contributed by atoms with Crippen LogP contribution in [0.5, 0.6) is 0 Å². The summed E-state index contributed by atoms with van der Waals surface area (Å²) in [6.07, 6.45) is 2.45. The number of fused-ring (bicyclic) bond motifs is 1. The lowest BCUT2D eigenvalue weighted by atomic mass is 10.0. The Labute approximate surface area is 190 Å². The van der Waals surface area contributed by atoms with Crippen LogP contribution in [0, 0.1) is 5.82 Å². The number of hydrogen-bond donors (Lipinski definition) is 1. The molecular weight excluding hydrogens is 427 g/mol. The number of esters is 1. The minimum atomic E-state index is -0.435. The highest BCUT2D eigenvalue weighted by Crippen LogP contribution is 2.21. The van der Waals surface area contributed by atoms with Crippen LogP contribution in [-0.2, 0) is 29.0 Å². The number of nitrogens with one attached hydrogen (secondary N) is 1. The third-order valence-electron chi connectivity index (χ3n) is 6.24. The average Bonchev–Trinajstić information content (AvgIpc) is 3.48. The normalized spacial score (nSPS) is 19.7. The van der Waals surface area contributed by atoms with Crippen LogP contribution in [0.2, 0.25) is 0 Å². The number of piperazine rings is 1. The van der Waals surface area contributed by atoms with Gasteiger partial charge in [-0.3, -0.25) is 9.69 Å². The van der Waals surface area contributed by atoms with E-state index in [0.29, 0.717) is 41.5 Å². The van der Waals surface area contributed by atoms with Gasteiger partial charge in [0.2, 0.25) is 17.9 Å². The van der Waals surface area contributed by atoms with Gasteiger partial charge < -0.3 is 9.64 Å². The van der Waals surface area contributed by atoms with E-state index >= 15 is 0 Å². The molecule has 0 aliphatic carbocycles. The molecule has 3 aliphatic rings. The summed E-state index contributed by atoms with van der Waals surface area (Å²) in [5.74, 6) is -0.681. The van der Waals surface area contributed by atoms with Gasteiger partial charge in [-0.05, 0) is 29.7 Å². The zero-order valence-corrected chi connectivity index (χ0v) is 18.0. The number of hydrogen-bond acceptors (Lipinski definition) is 7. The Bertz CT molecular complexity index is 1130. The van der Waals surface area contributed by atoms with Gasteiger partial charge in [0.15, 0.2) is 5.82 Å². The Morgan fingerprint density at radius 2 is 1.91 bits per heavy atom. The molecule has 10 heteroatoms. The van der Waals surface area contributed by atoms with Crippen molar-refractivity contribution in [2.75, 3.05) is 32.7 Å². The number of nitrogens with zero attached hydrogens (tertiary/aromatic N) is 5. The highest BCUT2D eigenvalue weighted by Gasteiger charge is 2.24. The van der Waals surface area contributed by atoms with Crippen molar-refractivity contribution in [3.05, 3.63) is 64.5 Å². The van der Waals surface area contributed by atoms with Crippen LogP contribution in [0.15, 0.2) is 51.9 Å². The summed E-state index contributed by atoms with van der Waals surface area (Å²) in [6, 6.07) is 10.6. The lowest BCUT2D eigenvalue weighted by Crippen LogP contribution is -3.00. The fourth-order valence-corrected chi connectivity index (χ4v) is 4.32. The third kappa shape index (κ3) is 4.67. The van der Waals surface area contributed by atoms with Crippen molar-refractivity contribution >= 4 is 23.9 Å². The minimum absolute atomic E-state index is 0.000131. The van der Waals surface area contributed by atoms with E-state index in [-0.39, 0.29) is 18.3 Å². The van der Waals surface area contributed by atoms with Gasteiger partial charge >= 0.3 is 5.97 Å². The molecule has 33 heavy (non-hydrogen) atoms. The molecule has 2 aromatic rings. The molecular formula is C23H24FN6O3+. The highest BCUT2D eigenvalue weighted by atomic mass is 19.1. The van der Waals surface area contributed by atoms with Gasteiger partial charge in [0.25, 0.3) is 0 Å². The van der Waals surface area contributed by atoms with Crippen LogP contribution in [0.4, 0.5) is 10.1 Å². The number of cyclic esters (lactones) is 1. The standard InChI is InChI=1S/C23H23FN6O3/c24-20-12-17(2-4-21(20)30-15-25-26-27-30)13-22(31)29-9-7-28(8-10-29)6-5-16-1-3-19-18(11-16)14-33-23(19)32/h1-4,11-12,15H,5-10,13-14H2/p+1. The lowest BCUT2D eigenvalue weighted by Gasteiger charge is -2.34. The Balaban J connectivity index is 1.10. The van der Waals surface area contributed by atoms with Crippen molar-refractivity contribution in [2.45, 2.75) is 19.4 Å². The number of carbonyl (C=O) groups is 2. The molecule has 1 N–H and O–H groups in total. The first-order valence-corrected chi connectivity index (χ1v) is 11.0. The summed E-state index contributed by atoms with van der Waals surface area (Å²) < 4.78 is 19.5. The fraction of sp³-hybridized carbons (Fsp3) is 0.348. The molecule has 170 valence electrons. The molecule has 1 saturated heterocycles. The topological polar surface area (TPSA) is 91.4 Å². The second-order valence-corrected chi connectivity index (χ2v) is 8.35. The molecule has 3 heterocycles. The average molecular weight is 451 g/mol. The molecule has 0 bridgehead atoms. The molecule has 3 aliphatic heterocycles. The van der Waals surface area contributed by atoms with Crippen molar-refractivity contribution in [1.29, 1.82) is 0 Å². The SMILES string of the molecule is O=C1OCc2cc(CCN3CCN(C(=O)Cc4ccc([NH+]5C=NN=N5)c(F)c4)CC3)ccc21. The number of rotatable bonds is 6. The first kappa shape index (κ1) is 21.4. The number of benzene rings is 2. The van der Waals surface area contributed by atoms with E-state index in [1.54, 1.807) is 12.1 Å². The summed E-state index contributed by atoms with van der Waals surface area (Å²) in [7, 11) is 0. The van der Waals surface area contributed by atoms with Crippen LogP contribution in [0.1, 0.15) is 27.0 Å². The maximum atomic E-state index is 14.4. The van der Waals surface area contributed by atoms with Crippen LogP contribution >= 0.6 is 0 Å². The highest BCUT2D eigenvalue weighted by molar-refractivity contribution is 5.93. The van der Waals surface area contributed by atoms with E-state index in [0.717, 1.165) is 31.6 Å². The zero-order chi connectivity index (χ0) is 22.8. The number of ether oxygens (including phenoxy) is 1. The quantitative estimate of drug-likeness (QED) is 0.670. The second kappa shape index (κ2) is 9.16. The molecule has 1 atom stereocenters. The summed E-state index contributed by atoms with van der Waals surface area (Å²) in [5.41, 5.74) is 3.76. The lowest BCUT2D eigenvalue weighted by molar-refractivity contribution is -0.733. The molecule has 9 nitrogen and oxygen atoms in total. The van der Waals surface area contributed by atoms with Gasteiger partial charge in [0.1, 0.15) is 6.61 Å². The molecule has 1 unspecified atom stereocenters. The van der Waals surface area contributed by atoms with E-state index in [1.807, 2.05) is 23.1 Å². The van der Waals surface area contributed by atoms with E-state index in [9.17, 15) is 14.0 Å². The Morgan fingerprint density at radius 3 is 2.67 bits per heavy atom. The first-order chi connectivity index (χ1) is 16.1. The van der Waals surface area contributed by atoms with Gasteiger partial charge in [-0.2, -0.15) is 0 Å². The van der Waals surface area contributed by atoms with Crippen molar-refractivity contribution < 1.29 is 23.7 Å². The smallest absolute Gasteiger partial charge is 0.338 e. The van der Waals surface area contributed by atoms with Gasteiger partial charge in [0, 0.05) is 49.6 Å². The van der Waals surface area contributed by atoms with Crippen LogP contribution in [0.3, 0.4) is 0 Å². The molecule has 5 rings (SSSR count). The van der Waals surface area contributed by atoms with Gasteiger partial charge in [-0.1, -0.05) is 23.3 Å². The largest absolute Gasteiger partial charge is 0.457 e. The van der Waals surface area contributed by atoms with Crippen LogP contribution < -0.4 is 5.01 Å². The predicted molar refractivity (Wildman–Crippen MR) is 116 cm³/mol. The summed E-state index contributed by atoms with van der Waals surface area (Å²) in [4.78, 5) is 28.5. The summed E-state index contributed by atoms with van der Waals surface area (Å²) in [6.45, 7) is 4.15. The molecule has 0 spiro atoms. The number of halogens is 1. The van der Waals surface area contributed by atoms with Crippen molar-refractivity contribution in [1.82, 2.24) is 9.80 Å². The molecule has 1 fully saturated rings. The third-order valence-corrected chi connectivity index (χ3v) is 6.24. The fourth-order valence-electron chi connectivity index (χ4n) is 4.32. The predicted octanol–water partition coefficient (Wildman–Crippen LogP) is 1.27. The Morgan fingerprint density at radius 1 is 1.09 bits per heavy atom. The van der Waals surface area contributed by atoms with Crippen molar-refractivity contribution in [2.24, 2.45) is 15.5 Å². The Kier molecular flexibility index (Phi) is 5.93. The van der Waals surface area contributed by atoms with E-state index in [4.69, 9.17) is 4.74 Å². The van der Waals surface area contributed by atoms with Crippen molar-refractivity contribution in [3.8, 4) is 0 Å². The molecule has 0 aromatic heterocycles. The maximum absolute atomic E-state index is 14.4. The monoisotopic (exact) mass is 451 g/mol. The van der Waals surface area contributed by atoms with Gasteiger partial charge in [-0.25, -0.2) is 9.18 Å². The van der Waals surface area contributed by atoms with Gasteiger partial charge in [0.05, 0.1) is 17.2 Å². The van der Waals surface area contributed by atoms with E-state index in [1.165, 1.54) is 18.0 Å². The van der Waals surface area contributed by atoms with Crippen LogP contribution in [-0.4, -0.2) is 60.7 Å². The number of quaternary nitrogens is 1. The molecule has 2 aromatic carbocycles. The summed E-state index contributed by atoms with van der Waals surface area (Å²) in [5, 5.41) is 11.2. The van der Waals surface area contributed by atoms with Crippen molar-refractivity contribution in [3.63, 3.8) is 0 Å². The van der Waals surface area contributed by atoms with Gasteiger partial charge in [-0.15, -0.1) is 5.01 Å². The molecule has 0 saturated carbocycles. The zero-order valence-electron chi connectivity index (χ0n) is 18.0. The number of carbonyl (C=O) groups excluding carboxylic acids is 2. The molecule has 1 amide bonds. The maximum Gasteiger partial charge on any atom is 0.338 e. The summed E-state index contributed by atoms with van der Waals surface area (Å²) >= 11 is 0. The second-order valence-electron chi connectivity index (χ2n) is 8.35. The van der Waals surface area contributed by atoms with Crippen LogP contribution in [0.25, 0.3) is 0 Å².